The Balaban J connectivity index is 2.62. The Labute approximate surface area is 186 Å². The van der Waals surface area contributed by atoms with Gasteiger partial charge in [0.05, 0.1) is 16.1 Å². The predicted molar refractivity (Wildman–Crippen MR) is 103 cm³/mol. The summed E-state index contributed by atoms with van der Waals surface area (Å²) >= 11 is 11.8. The zero-order valence-corrected chi connectivity index (χ0v) is 18.1. The van der Waals surface area contributed by atoms with Crippen molar-refractivity contribution < 1.29 is 40.6 Å². The van der Waals surface area contributed by atoms with E-state index in [2.05, 4.69) is 31.9 Å². The average molecular weight is 585 g/mol. The van der Waals surface area contributed by atoms with E-state index in [4.69, 9.17) is 16.7 Å². The highest BCUT2D eigenvalue weighted by Crippen LogP contribution is 2.42. The lowest BCUT2D eigenvalue weighted by molar-refractivity contribution is -0.140. The van der Waals surface area contributed by atoms with E-state index in [1.165, 1.54) is 0 Å². The van der Waals surface area contributed by atoms with Crippen molar-refractivity contribution in [2.24, 2.45) is 0 Å². The summed E-state index contributed by atoms with van der Waals surface area (Å²) < 4.78 is 94.7. The number of carboxylic acids is 1. The molecule has 0 aliphatic heterocycles. The molecule has 2 aromatic rings. The van der Waals surface area contributed by atoms with E-state index in [1.807, 2.05) is 0 Å². The third-order valence-corrected chi connectivity index (χ3v) is 5.98. The van der Waals surface area contributed by atoms with Crippen LogP contribution < -0.4 is 0 Å². The van der Waals surface area contributed by atoms with E-state index in [-0.39, 0.29) is 26.1 Å². The van der Waals surface area contributed by atoms with Crippen LogP contribution in [0, 0.1) is 0 Å². The molecule has 0 fully saturated rings. The molecule has 1 atom stereocenters. The summed E-state index contributed by atoms with van der Waals surface area (Å²) in [6.45, 7) is 0. The molecule has 2 nitrogen and oxygen atoms in total. The highest BCUT2D eigenvalue weighted by Gasteiger charge is 2.41. The maximum Gasteiger partial charge on any atom is 0.417 e. The molecule has 1 unspecified atom stereocenters. The maximum atomic E-state index is 14.6. The molecule has 0 heterocycles. The van der Waals surface area contributed by atoms with Crippen LogP contribution >= 0.6 is 43.5 Å². The first-order valence-corrected chi connectivity index (χ1v) is 9.62. The standard InChI is InChI=1S/C18H8Br2ClF7O2/c19-12-4-8(5-13(20)15(12)21)10(17(23,24)25)6-14(22)7-1-2-9(16(29)30)11(3-7)18(26,27)28/h1-6,10H,(H,29,30). The third-order valence-electron chi connectivity index (χ3n) is 3.86. The van der Waals surface area contributed by atoms with Gasteiger partial charge in [-0.15, -0.1) is 0 Å². The number of hydrogen-bond acceptors (Lipinski definition) is 1. The van der Waals surface area contributed by atoms with Gasteiger partial charge >= 0.3 is 18.3 Å². The second kappa shape index (κ2) is 8.88. The van der Waals surface area contributed by atoms with Crippen molar-refractivity contribution in [1.82, 2.24) is 0 Å². The van der Waals surface area contributed by atoms with E-state index in [0.717, 1.165) is 12.1 Å². The molecule has 0 aliphatic rings. The molecular weight excluding hydrogens is 576 g/mol. The molecule has 30 heavy (non-hydrogen) atoms. The minimum absolute atomic E-state index is 0.0724. The molecule has 0 aromatic heterocycles. The Morgan fingerprint density at radius 1 is 1.03 bits per heavy atom. The monoisotopic (exact) mass is 582 g/mol. The van der Waals surface area contributed by atoms with Gasteiger partial charge in [-0.05, 0) is 67.8 Å². The number of hydrogen-bond donors (Lipinski definition) is 1. The van der Waals surface area contributed by atoms with Crippen molar-refractivity contribution in [2.75, 3.05) is 0 Å². The molecule has 0 saturated heterocycles. The number of rotatable bonds is 4. The first-order chi connectivity index (χ1) is 13.6. The minimum Gasteiger partial charge on any atom is -0.478 e. The molecule has 2 aromatic carbocycles. The van der Waals surface area contributed by atoms with Gasteiger partial charge in [0.2, 0.25) is 0 Å². The summed E-state index contributed by atoms with van der Waals surface area (Å²) in [7, 11) is 0. The van der Waals surface area contributed by atoms with Crippen molar-refractivity contribution in [1.29, 1.82) is 0 Å². The van der Waals surface area contributed by atoms with Crippen molar-refractivity contribution in [3.63, 3.8) is 0 Å². The van der Waals surface area contributed by atoms with Gasteiger partial charge in [-0.25, -0.2) is 9.18 Å². The number of allylic oxidation sites excluding steroid dienone is 1. The Hall–Kier alpha value is -1.59. The summed E-state index contributed by atoms with van der Waals surface area (Å²) in [6.07, 6.45) is -10.0. The van der Waals surface area contributed by atoms with Crippen LogP contribution in [0.4, 0.5) is 30.7 Å². The smallest absolute Gasteiger partial charge is 0.417 e. The largest absolute Gasteiger partial charge is 0.478 e. The van der Waals surface area contributed by atoms with Gasteiger partial charge in [-0.2, -0.15) is 26.3 Å². The summed E-state index contributed by atoms with van der Waals surface area (Å²) in [6, 6.07) is 3.29. The van der Waals surface area contributed by atoms with Crippen molar-refractivity contribution in [2.45, 2.75) is 18.3 Å². The highest BCUT2D eigenvalue weighted by molar-refractivity contribution is 9.11. The van der Waals surface area contributed by atoms with Crippen LogP contribution in [0.5, 0.6) is 0 Å². The SMILES string of the molecule is O=C(O)c1ccc(C(F)=CC(c2cc(Br)c(Cl)c(Br)c2)C(F)(F)F)cc1C(F)(F)F. The maximum absolute atomic E-state index is 14.6. The second-order valence-electron chi connectivity index (χ2n) is 5.90. The molecule has 0 radical (unpaired) electrons. The van der Waals surface area contributed by atoms with Gasteiger partial charge in [-0.3, -0.25) is 0 Å². The highest BCUT2D eigenvalue weighted by atomic mass is 79.9. The second-order valence-corrected chi connectivity index (χ2v) is 7.98. The number of benzene rings is 2. The zero-order valence-electron chi connectivity index (χ0n) is 14.2. The zero-order chi connectivity index (χ0) is 23.0. The van der Waals surface area contributed by atoms with E-state index in [1.54, 1.807) is 0 Å². The van der Waals surface area contributed by atoms with E-state index in [0.29, 0.717) is 12.1 Å². The summed E-state index contributed by atoms with van der Waals surface area (Å²) in [4.78, 5) is 11.0. The average Bonchev–Trinajstić information content (AvgIpc) is 2.61. The lowest BCUT2D eigenvalue weighted by Gasteiger charge is -2.19. The van der Waals surface area contributed by atoms with Crippen LogP contribution in [0.25, 0.3) is 5.83 Å². The molecule has 0 aliphatic carbocycles. The molecule has 12 heteroatoms. The lowest BCUT2D eigenvalue weighted by atomic mass is 9.95. The van der Waals surface area contributed by atoms with Crippen LogP contribution in [0.3, 0.4) is 0 Å². The van der Waals surface area contributed by atoms with Crippen molar-refractivity contribution >= 4 is 55.3 Å². The Bertz CT molecular complexity index is 994. The Morgan fingerprint density at radius 3 is 2.00 bits per heavy atom. The van der Waals surface area contributed by atoms with Gasteiger partial charge < -0.3 is 5.11 Å². The van der Waals surface area contributed by atoms with Gasteiger partial charge in [0.1, 0.15) is 11.7 Å². The van der Waals surface area contributed by atoms with E-state index in [9.17, 15) is 35.5 Å². The lowest BCUT2D eigenvalue weighted by Crippen LogP contribution is -2.19. The topological polar surface area (TPSA) is 37.3 Å². The fourth-order valence-electron chi connectivity index (χ4n) is 2.49. The van der Waals surface area contributed by atoms with Crippen LogP contribution in [-0.2, 0) is 6.18 Å². The molecule has 0 saturated carbocycles. The number of carbonyl (C=O) groups is 1. The molecule has 0 amide bonds. The van der Waals surface area contributed by atoms with Crippen LogP contribution in [0.1, 0.15) is 33.0 Å². The fourth-order valence-corrected chi connectivity index (χ4v) is 3.82. The number of halogens is 10. The molecule has 162 valence electrons. The summed E-state index contributed by atoms with van der Waals surface area (Å²) in [5.41, 5.74) is -4.12. The molecule has 2 rings (SSSR count). The van der Waals surface area contributed by atoms with Gasteiger partial charge in [0, 0.05) is 14.5 Å². The first kappa shape index (κ1) is 24.7. The van der Waals surface area contributed by atoms with Crippen molar-refractivity contribution in [3.8, 4) is 0 Å². The Morgan fingerprint density at radius 2 is 1.57 bits per heavy atom. The fraction of sp³-hybridized carbons (Fsp3) is 0.167. The van der Waals surface area contributed by atoms with E-state index >= 15 is 0 Å². The number of aromatic carboxylic acids is 1. The molecule has 0 bridgehead atoms. The summed E-state index contributed by atoms with van der Waals surface area (Å²) in [5, 5.41) is 8.93. The normalized spacial score (nSPS) is 14.0. The van der Waals surface area contributed by atoms with Crippen LogP contribution in [0.2, 0.25) is 5.02 Å². The Kier molecular flexibility index (Phi) is 7.30. The van der Waals surface area contributed by atoms with Crippen LogP contribution in [0.15, 0.2) is 45.4 Å². The van der Waals surface area contributed by atoms with E-state index < -0.39 is 52.3 Å². The van der Waals surface area contributed by atoms with Gasteiger partial charge in [-0.1, -0.05) is 17.7 Å². The number of carboxylic acid groups (broad SMARTS) is 1. The van der Waals surface area contributed by atoms with Gasteiger partial charge in [0.15, 0.2) is 0 Å². The van der Waals surface area contributed by atoms with Gasteiger partial charge in [0.25, 0.3) is 0 Å². The predicted octanol–water partition coefficient (Wildman–Crippen LogP) is 8.24. The van der Waals surface area contributed by atoms with Crippen molar-refractivity contribution in [3.05, 3.63) is 72.6 Å². The number of alkyl halides is 6. The third kappa shape index (κ3) is 5.55. The summed E-state index contributed by atoms with van der Waals surface area (Å²) in [5.74, 6) is -6.04. The first-order valence-electron chi connectivity index (χ1n) is 7.66. The van der Waals surface area contributed by atoms with Crippen LogP contribution in [-0.4, -0.2) is 17.3 Å². The molecule has 1 N–H and O–H groups in total. The molecular formula is C18H8Br2ClF7O2. The molecule has 0 spiro atoms. The quantitative estimate of drug-likeness (QED) is 0.290. The minimum atomic E-state index is -5.15.